The van der Waals surface area contributed by atoms with E-state index in [4.69, 9.17) is 11.6 Å². The molecule has 2 aromatic rings. The maximum atomic E-state index is 12.1. The fourth-order valence-corrected chi connectivity index (χ4v) is 2.23. The lowest BCUT2D eigenvalue weighted by Gasteiger charge is -2.12. The average Bonchev–Trinajstić information content (AvgIpc) is 2.59. The highest BCUT2D eigenvalue weighted by molar-refractivity contribution is 6.29. The molecule has 2 amide bonds. The lowest BCUT2D eigenvalue weighted by Crippen LogP contribution is -2.32. The van der Waals surface area contributed by atoms with E-state index in [-0.39, 0.29) is 23.0 Å². The molecule has 6 heteroatoms. The van der Waals surface area contributed by atoms with E-state index >= 15 is 0 Å². The number of aromatic nitrogens is 1. The number of halogens is 1. The third-order valence-electron chi connectivity index (χ3n) is 3.62. The highest BCUT2D eigenvalue weighted by Gasteiger charge is 2.10. The molecule has 2 N–H and O–H groups in total. The van der Waals surface area contributed by atoms with E-state index in [1.807, 2.05) is 19.9 Å². The summed E-state index contributed by atoms with van der Waals surface area (Å²) in [5.74, 6) is -0.354. The molecule has 0 aliphatic carbocycles. The van der Waals surface area contributed by atoms with Crippen molar-refractivity contribution in [3.63, 3.8) is 0 Å². The largest absolute Gasteiger partial charge is 0.350 e. The monoisotopic (exact) mass is 345 g/mol. The standard InChI is InChI=1S/C18H20ClN3O2/c1-3-12(2)22-18(24)14-6-4-5-13(9-14)11-21-17(23)15-7-8-20-16(19)10-15/h4-10,12H,3,11H2,1-2H3,(H,21,23)(H,22,24)/t12-/m0/s1. The molecule has 1 aromatic heterocycles. The Morgan fingerprint density at radius 2 is 1.92 bits per heavy atom. The first kappa shape index (κ1) is 17.9. The number of hydrogen-bond acceptors (Lipinski definition) is 3. The summed E-state index contributed by atoms with van der Waals surface area (Å²) in [5.41, 5.74) is 1.87. The van der Waals surface area contributed by atoms with Gasteiger partial charge in [0.2, 0.25) is 0 Å². The number of nitrogens with one attached hydrogen (secondary N) is 2. The van der Waals surface area contributed by atoms with Gasteiger partial charge in [0.25, 0.3) is 11.8 Å². The van der Waals surface area contributed by atoms with Crippen LogP contribution in [0.25, 0.3) is 0 Å². The number of benzene rings is 1. The van der Waals surface area contributed by atoms with Crippen LogP contribution in [0.4, 0.5) is 0 Å². The third-order valence-corrected chi connectivity index (χ3v) is 3.83. The summed E-state index contributed by atoms with van der Waals surface area (Å²) >= 11 is 5.78. The number of pyridine rings is 1. The van der Waals surface area contributed by atoms with Gasteiger partial charge in [-0.25, -0.2) is 4.98 Å². The summed E-state index contributed by atoms with van der Waals surface area (Å²) in [6, 6.07) is 10.4. The molecule has 0 aliphatic heterocycles. The Morgan fingerprint density at radius 1 is 1.17 bits per heavy atom. The van der Waals surface area contributed by atoms with E-state index in [1.165, 1.54) is 12.3 Å². The van der Waals surface area contributed by atoms with Gasteiger partial charge in [0.05, 0.1) is 0 Å². The van der Waals surface area contributed by atoms with Crippen LogP contribution in [0.5, 0.6) is 0 Å². The summed E-state index contributed by atoms with van der Waals surface area (Å²) < 4.78 is 0. The molecule has 0 saturated heterocycles. The minimum absolute atomic E-state index is 0.113. The molecule has 24 heavy (non-hydrogen) atoms. The Kier molecular flexibility index (Phi) is 6.32. The summed E-state index contributed by atoms with van der Waals surface area (Å²) in [4.78, 5) is 28.1. The minimum Gasteiger partial charge on any atom is -0.350 e. The Labute approximate surface area is 146 Å². The van der Waals surface area contributed by atoms with E-state index < -0.39 is 0 Å². The number of hydrogen-bond donors (Lipinski definition) is 2. The molecule has 0 radical (unpaired) electrons. The number of nitrogens with zero attached hydrogens (tertiary/aromatic N) is 1. The highest BCUT2D eigenvalue weighted by atomic mass is 35.5. The van der Waals surface area contributed by atoms with Crippen molar-refractivity contribution in [3.05, 3.63) is 64.4 Å². The Bertz CT molecular complexity index is 734. The van der Waals surface area contributed by atoms with Crippen LogP contribution < -0.4 is 10.6 Å². The van der Waals surface area contributed by atoms with E-state index in [0.29, 0.717) is 17.7 Å². The van der Waals surface area contributed by atoms with Crippen molar-refractivity contribution in [2.24, 2.45) is 0 Å². The zero-order valence-electron chi connectivity index (χ0n) is 13.7. The van der Waals surface area contributed by atoms with Crippen LogP contribution in [0.2, 0.25) is 5.15 Å². The molecule has 0 aliphatic rings. The van der Waals surface area contributed by atoms with Gasteiger partial charge in [0.1, 0.15) is 5.15 Å². The second-order valence-electron chi connectivity index (χ2n) is 5.53. The highest BCUT2D eigenvalue weighted by Crippen LogP contribution is 2.09. The molecule has 126 valence electrons. The molecule has 2 rings (SSSR count). The van der Waals surface area contributed by atoms with Gasteiger partial charge in [-0.3, -0.25) is 9.59 Å². The van der Waals surface area contributed by atoms with Crippen LogP contribution in [0, 0.1) is 0 Å². The lowest BCUT2D eigenvalue weighted by atomic mass is 10.1. The number of carbonyl (C=O) groups excluding carboxylic acids is 2. The first-order valence-corrected chi connectivity index (χ1v) is 8.17. The molecule has 1 heterocycles. The molecule has 0 bridgehead atoms. The van der Waals surface area contributed by atoms with Crippen LogP contribution in [0.15, 0.2) is 42.6 Å². The van der Waals surface area contributed by atoms with Crippen molar-refractivity contribution in [2.45, 2.75) is 32.9 Å². The van der Waals surface area contributed by atoms with Crippen LogP contribution in [0.1, 0.15) is 46.5 Å². The molecular formula is C18H20ClN3O2. The Hall–Kier alpha value is -2.40. The second kappa shape index (κ2) is 8.45. The molecule has 5 nitrogen and oxygen atoms in total. The van der Waals surface area contributed by atoms with Crippen molar-refractivity contribution >= 4 is 23.4 Å². The van der Waals surface area contributed by atoms with Crippen molar-refractivity contribution in [2.75, 3.05) is 0 Å². The van der Waals surface area contributed by atoms with Gasteiger partial charge in [-0.05, 0) is 43.2 Å². The van der Waals surface area contributed by atoms with Crippen molar-refractivity contribution < 1.29 is 9.59 Å². The van der Waals surface area contributed by atoms with Gasteiger partial charge in [-0.1, -0.05) is 30.7 Å². The fraction of sp³-hybridized carbons (Fsp3) is 0.278. The lowest BCUT2D eigenvalue weighted by molar-refractivity contribution is 0.0936. The maximum absolute atomic E-state index is 12.1. The quantitative estimate of drug-likeness (QED) is 0.790. The van der Waals surface area contributed by atoms with E-state index in [9.17, 15) is 9.59 Å². The summed E-state index contributed by atoms with van der Waals surface area (Å²) in [6.07, 6.45) is 2.35. The van der Waals surface area contributed by atoms with Gasteiger partial charge >= 0.3 is 0 Å². The Balaban J connectivity index is 1.99. The number of rotatable bonds is 6. The number of carbonyl (C=O) groups is 2. The predicted molar refractivity (Wildman–Crippen MR) is 94.1 cm³/mol. The summed E-state index contributed by atoms with van der Waals surface area (Å²) in [6.45, 7) is 4.30. The average molecular weight is 346 g/mol. The van der Waals surface area contributed by atoms with Crippen LogP contribution in [0.3, 0.4) is 0 Å². The van der Waals surface area contributed by atoms with Crippen LogP contribution in [-0.4, -0.2) is 22.8 Å². The molecule has 0 fully saturated rings. The maximum Gasteiger partial charge on any atom is 0.251 e. The molecule has 0 unspecified atom stereocenters. The third kappa shape index (κ3) is 5.06. The molecule has 1 aromatic carbocycles. The minimum atomic E-state index is -0.242. The zero-order chi connectivity index (χ0) is 17.5. The predicted octanol–water partition coefficient (Wildman–Crippen LogP) is 3.19. The summed E-state index contributed by atoms with van der Waals surface area (Å²) in [5, 5.41) is 6.00. The molecule has 1 atom stereocenters. The second-order valence-corrected chi connectivity index (χ2v) is 5.92. The van der Waals surface area contributed by atoms with E-state index in [0.717, 1.165) is 12.0 Å². The SMILES string of the molecule is CC[C@H](C)NC(=O)c1cccc(CNC(=O)c2ccnc(Cl)c2)c1. The van der Waals surface area contributed by atoms with Crippen molar-refractivity contribution in [3.8, 4) is 0 Å². The fourth-order valence-electron chi connectivity index (χ4n) is 2.06. The van der Waals surface area contributed by atoms with E-state index in [1.54, 1.807) is 24.3 Å². The zero-order valence-corrected chi connectivity index (χ0v) is 14.4. The van der Waals surface area contributed by atoms with Crippen molar-refractivity contribution in [1.29, 1.82) is 0 Å². The van der Waals surface area contributed by atoms with Gasteiger partial charge in [-0.15, -0.1) is 0 Å². The van der Waals surface area contributed by atoms with Crippen molar-refractivity contribution in [1.82, 2.24) is 15.6 Å². The summed E-state index contributed by atoms with van der Waals surface area (Å²) in [7, 11) is 0. The van der Waals surface area contributed by atoms with Gasteiger partial charge < -0.3 is 10.6 Å². The normalized spacial score (nSPS) is 11.6. The topological polar surface area (TPSA) is 71.1 Å². The molecular weight excluding hydrogens is 326 g/mol. The van der Waals surface area contributed by atoms with E-state index in [2.05, 4.69) is 15.6 Å². The van der Waals surface area contributed by atoms with Crippen LogP contribution in [-0.2, 0) is 6.54 Å². The number of amides is 2. The van der Waals surface area contributed by atoms with Gasteiger partial charge in [-0.2, -0.15) is 0 Å². The first-order valence-electron chi connectivity index (χ1n) is 7.79. The Morgan fingerprint density at radius 3 is 2.62 bits per heavy atom. The van der Waals surface area contributed by atoms with Gasteiger partial charge in [0, 0.05) is 29.9 Å². The smallest absolute Gasteiger partial charge is 0.251 e. The first-order chi connectivity index (χ1) is 11.5. The molecule has 0 spiro atoms. The molecule has 0 saturated carbocycles. The van der Waals surface area contributed by atoms with Crippen LogP contribution >= 0.6 is 11.6 Å². The van der Waals surface area contributed by atoms with Gasteiger partial charge in [0.15, 0.2) is 0 Å².